The van der Waals surface area contributed by atoms with E-state index < -0.39 is 35.2 Å². The molecule has 0 aliphatic heterocycles. The van der Waals surface area contributed by atoms with Crippen molar-refractivity contribution in [2.45, 2.75) is 77.2 Å². The van der Waals surface area contributed by atoms with E-state index in [0.29, 0.717) is 30.9 Å². The van der Waals surface area contributed by atoms with Gasteiger partial charge in [0.15, 0.2) is 17.5 Å². The molecule has 0 atom stereocenters. The summed E-state index contributed by atoms with van der Waals surface area (Å²) in [5.41, 5.74) is 0. The summed E-state index contributed by atoms with van der Waals surface area (Å²) >= 11 is 0. The highest BCUT2D eigenvalue weighted by Crippen LogP contribution is 2.42. The van der Waals surface area contributed by atoms with Gasteiger partial charge in [-0.1, -0.05) is 45.4 Å². The second-order valence-corrected chi connectivity index (χ2v) is 8.79. The highest BCUT2D eigenvalue weighted by Gasteiger charge is 2.44. The van der Waals surface area contributed by atoms with Crippen LogP contribution in [0.15, 0.2) is 12.1 Å². The number of halogens is 5. The number of hydrogen-bond acceptors (Lipinski definition) is 1. The standard InChI is InChI=1S/C22H29F5O.2H2/c1-14-2-4-15(5-3-14)6-7-16-8-10-17(11-9-16)22(26,27)28-18-12-19(23)21(25)20(24)13-18;;/h12-17H,2-11H2,1H3;2*1H. The van der Waals surface area contributed by atoms with Gasteiger partial charge in [-0.25, -0.2) is 13.2 Å². The monoisotopic (exact) mass is 408 g/mol. The first-order valence-electron chi connectivity index (χ1n) is 10.5. The van der Waals surface area contributed by atoms with Gasteiger partial charge in [0.2, 0.25) is 0 Å². The maximum absolute atomic E-state index is 14.4. The van der Waals surface area contributed by atoms with E-state index >= 15 is 0 Å². The molecule has 0 unspecified atom stereocenters. The lowest BCUT2D eigenvalue weighted by Crippen LogP contribution is -2.37. The molecule has 1 aromatic carbocycles. The van der Waals surface area contributed by atoms with Crippen molar-refractivity contribution < 1.29 is 29.5 Å². The van der Waals surface area contributed by atoms with Crippen LogP contribution in [-0.2, 0) is 0 Å². The summed E-state index contributed by atoms with van der Waals surface area (Å²) in [5, 5.41) is 0. The maximum atomic E-state index is 14.4. The third-order valence-corrected chi connectivity index (χ3v) is 6.65. The summed E-state index contributed by atoms with van der Waals surface area (Å²) in [5.74, 6) is -4.36. The molecule has 28 heavy (non-hydrogen) atoms. The molecule has 0 saturated heterocycles. The summed E-state index contributed by atoms with van der Waals surface area (Å²) < 4.78 is 72.9. The molecular formula is C22H33F5O. The minimum atomic E-state index is -3.53. The molecule has 0 N–H and O–H groups in total. The Morgan fingerprint density at radius 2 is 1.32 bits per heavy atom. The minimum absolute atomic E-state index is 0. The van der Waals surface area contributed by atoms with E-state index in [0.717, 1.165) is 31.1 Å². The lowest BCUT2D eigenvalue weighted by Gasteiger charge is -2.34. The van der Waals surface area contributed by atoms with Crippen molar-refractivity contribution in [1.82, 2.24) is 0 Å². The van der Waals surface area contributed by atoms with E-state index in [1.165, 1.54) is 32.1 Å². The highest BCUT2D eigenvalue weighted by molar-refractivity contribution is 5.25. The molecule has 0 bridgehead atoms. The maximum Gasteiger partial charge on any atom is 0.400 e. The summed E-state index contributed by atoms with van der Waals surface area (Å²) in [6.45, 7) is 2.30. The molecule has 2 saturated carbocycles. The van der Waals surface area contributed by atoms with Crippen LogP contribution >= 0.6 is 0 Å². The van der Waals surface area contributed by atoms with Crippen LogP contribution in [0.2, 0.25) is 0 Å². The summed E-state index contributed by atoms with van der Waals surface area (Å²) in [4.78, 5) is 0. The van der Waals surface area contributed by atoms with Gasteiger partial charge in [0.25, 0.3) is 0 Å². The normalized spacial score (nSPS) is 28.9. The van der Waals surface area contributed by atoms with Crippen molar-refractivity contribution >= 4 is 0 Å². The third kappa shape index (κ3) is 5.38. The van der Waals surface area contributed by atoms with Crippen LogP contribution in [0.4, 0.5) is 22.0 Å². The molecule has 0 heterocycles. The van der Waals surface area contributed by atoms with Crippen LogP contribution in [0.25, 0.3) is 0 Å². The smallest absolute Gasteiger partial charge is 0.400 e. The topological polar surface area (TPSA) is 9.23 Å². The lowest BCUT2D eigenvalue weighted by molar-refractivity contribution is -0.223. The van der Waals surface area contributed by atoms with Crippen LogP contribution < -0.4 is 4.74 Å². The fraction of sp³-hybridized carbons (Fsp3) is 0.727. The van der Waals surface area contributed by atoms with Crippen molar-refractivity contribution in [3.05, 3.63) is 29.6 Å². The molecule has 162 valence electrons. The first-order chi connectivity index (χ1) is 13.2. The van der Waals surface area contributed by atoms with Gasteiger partial charge in [-0.3, -0.25) is 0 Å². The van der Waals surface area contributed by atoms with E-state index in [-0.39, 0.29) is 2.85 Å². The number of benzene rings is 1. The summed E-state index contributed by atoms with van der Waals surface area (Å²) in [6, 6.07) is 0.923. The molecular weight excluding hydrogens is 375 g/mol. The Kier molecular flexibility index (Phi) is 6.87. The average molecular weight is 408 g/mol. The highest BCUT2D eigenvalue weighted by atomic mass is 19.3. The largest absolute Gasteiger partial charge is 0.432 e. The van der Waals surface area contributed by atoms with E-state index in [4.69, 9.17) is 0 Å². The Hall–Kier alpha value is -1.33. The number of ether oxygens (including phenoxy) is 1. The molecule has 1 aromatic rings. The van der Waals surface area contributed by atoms with Crippen LogP contribution in [-0.4, -0.2) is 6.11 Å². The Labute approximate surface area is 166 Å². The first-order valence-corrected chi connectivity index (χ1v) is 10.5. The molecule has 6 heteroatoms. The van der Waals surface area contributed by atoms with E-state index in [2.05, 4.69) is 11.7 Å². The zero-order valence-corrected chi connectivity index (χ0v) is 16.3. The van der Waals surface area contributed by atoms with Crippen molar-refractivity contribution in [1.29, 1.82) is 0 Å². The van der Waals surface area contributed by atoms with Gasteiger partial charge in [0.1, 0.15) is 5.75 Å². The fourth-order valence-electron chi connectivity index (χ4n) is 4.71. The van der Waals surface area contributed by atoms with Crippen molar-refractivity contribution in [3.63, 3.8) is 0 Å². The number of hydrogen-bond donors (Lipinski definition) is 0. The molecule has 3 rings (SSSR count). The zero-order chi connectivity index (χ0) is 20.3. The Morgan fingerprint density at radius 1 is 0.857 bits per heavy atom. The van der Waals surface area contributed by atoms with Gasteiger partial charge >= 0.3 is 6.11 Å². The third-order valence-electron chi connectivity index (χ3n) is 6.65. The van der Waals surface area contributed by atoms with Gasteiger partial charge < -0.3 is 4.74 Å². The van der Waals surface area contributed by atoms with Gasteiger partial charge in [-0.15, -0.1) is 0 Å². The molecule has 0 radical (unpaired) electrons. The Bertz CT molecular complexity index is 634. The van der Waals surface area contributed by atoms with Crippen molar-refractivity contribution in [2.75, 3.05) is 0 Å². The molecule has 2 fully saturated rings. The number of rotatable bonds is 6. The predicted octanol–water partition coefficient (Wildman–Crippen LogP) is 7.98. The van der Waals surface area contributed by atoms with Gasteiger partial charge in [0, 0.05) is 15.0 Å². The van der Waals surface area contributed by atoms with E-state index in [9.17, 15) is 22.0 Å². The van der Waals surface area contributed by atoms with Gasteiger partial charge in [-0.05, 0) is 43.4 Å². The second-order valence-electron chi connectivity index (χ2n) is 8.79. The Morgan fingerprint density at radius 3 is 1.82 bits per heavy atom. The average Bonchev–Trinajstić information content (AvgIpc) is 2.65. The SMILES string of the molecule is CC1CCC(CCC2CCC(C(F)(F)Oc3cc(F)c(F)c(F)c3)CC2)CC1.[HH].[HH]. The second kappa shape index (κ2) is 9.00. The van der Waals surface area contributed by atoms with Gasteiger partial charge in [0.05, 0.1) is 5.92 Å². The van der Waals surface area contributed by atoms with Gasteiger partial charge in [-0.2, -0.15) is 8.78 Å². The minimum Gasteiger partial charge on any atom is -0.432 e. The van der Waals surface area contributed by atoms with Crippen molar-refractivity contribution in [2.24, 2.45) is 23.7 Å². The quantitative estimate of drug-likeness (QED) is 0.342. The number of alkyl halides is 2. The van der Waals surface area contributed by atoms with E-state index in [1.807, 2.05) is 0 Å². The lowest BCUT2D eigenvalue weighted by atomic mass is 9.75. The van der Waals surface area contributed by atoms with Crippen molar-refractivity contribution in [3.8, 4) is 5.75 Å². The van der Waals surface area contributed by atoms with Crippen LogP contribution in [0.3, 0.4) is 0 Å². The van der Waals surface area contributed by atoms with E-state index in [1.54, 1.807) is 0 Å². The molecule has 2 aliphatic carbocycles. The van der Waals surface area contributed by atoms with Crippen LogP contribution in [0, 0.1) is 41.1 Å². The predicted molar refractivity (Wildman–Crippen MR) is 102 cm³/mol. The molecule has 0 aromatic heterocycles. The Balaban J connectivity index is 0.00000225. The molecule has 1 nitrogen and oxygen atoms in total. The fourth-order valence-corrected chi connectivity index (χ4v) is 4.71. The van der Waals surface area contributed by atoms with Crippen LogP contribution in [0.1, 0.15) is 74.0 Å². The summed E-state index contributed by atoms with van der Waals surface area (Å²) in [7, 11) is 0. The zero-order valence-electron chi connectivity index (χ0n) is 16.3. The molecule has 2 aliphatic rings. The summed E-state index contributed by atoms with van der Waals surface area (Å²) in [6.07, 6.45) is 6.00. The molecule has 0 spiro atoms. The first kappa shape index (κ1) is 21.4. The molecule has 0 amide bonds. The van der Waals surface area contributed by atoms with Crippen LogP contribution in [0.5, 0.6) is 5.75 Å².